The molecule has 33 heavy (non-hydrogen) atoms. The van der Waals surface area contributed by atoms with Gasteiger partial charge in [0.1, 0.15) is 0 Å². The zero-order valence-corrected chi connectivity index (χ0v) is 19.7. The predicted octanol–water partition coefficient (Wildman–Crippen LogP) is 6.20. The van der Waals surface area contributed by atoms with Gasteiger partial charge in [-0.05, 0) is 73.5 Å². The van der Waals surface area contributed by atoms with E-state index in [2.05, 4.69) is 4.57 Å². The summed E-state index contributed by atoms with van der Waals surface area (Å²) in [5.74, 6) is -0.383. The fourth-order valence-electron chi connectivity index (χ4n) is 3.74. The summed E-state index contributed by atoms with van der Waals surface area (Å²) in [6.07, 6.45) is 1.73. The number of rotatable bonds is 5. The highest BCUT2D eigenvalue weighted by atomic mass is 35.5. The normalized spacial score (nSPS) is 15.0. The molecule has 0 atom stereocenters. The van der Waals surface area contributed by atoms with E-state index in [-0.39, 0.29) is 23.4 Å². The molecule has 1 fully saturated rings. The maximum absolute atomic E-state index is 12.9. The summed E-state index contributed by atoms with van der Waals surface area (Å²) >= 11 is 7.19. The summed E-state index contributed by atoms with van der Waals surface area (Å²) in [6.45, 7) is 5.92. The van der Waals surface area contributed by atoms with E-state index in [4.69, 9.17) is 11.6 Å². The zero-order valence-electron chi connectivity index (χ0n) is 18.2. The average Bonchev–Trinajstić information content (AvgIpc) is 3.20. The molecule has 0 spiro atoms. The lowest BCUT2D eigenvalue weighted by atomic mass is 10.2. The maximum atomic E-state index is 12.9. The molecule has 2 heterocycles. The van der Waals surface area contributed by atoms with Crippen molar-refractivity contribution in [2.45, 2.75) is 27.3 Å². The fourth-order valence-corrected chi connectivity index (χ4v) is 4.74. The zero-order chi connectivity index (χ0) is 23.9. The lowest BCUT2D eigenvalue weighted by Gasteiger charge is -2.12. The Hall–Kier alpha value is -3.36. The van der Waals surface area contributed by atoms with Gasteiger partial charge in [-0.3, -0.25) is 24.6 Å². The van der Waals surface area contributed by atoms with Gasteiger partial charge in [-0.1, -0.05) is 29.8 Å². The van der Waals surface area contributed by atoms with Gasteiger partial charge in [-0.2, -0.15) is 0 Å². The third-order valence-electron chi connectivity index (χ3n) is 5.53. The number of imide groups is 1. The van der Waals surface area contributed by atoms with Crippen LogP contribution in [0.2, 0.25) is 5.02 Å². The Bertz CT molecular complexity index is 1330. The number of carbonyl (C=O) groups is 2. The minimum atomic E-state index is -0.492. The first-order valence-corrected chi connectivity index (χ1v) is 11.3. The molecule has 0 aliphatic carbocycles. The predicted molar refractivity (Wildman–Crippen MR) is 130 cm³/mol. The largest absolute Gasteiger partial charge is 0.318 e. The molecule has 0 saturated carbocycles. The van der Waals surface area contributed by atoms with Gasteiger partial charge < -0.3 is 4.57 Å². The van der Waals surface area contributed by atoms with Gasteiger partial charge in [-0.15, -0.1) is 0 Å². The standard InChI is InChI=1S/C24H20ClN3O4S/c1-14-4-7-20(12-21(14)25)27-15(2)10-18(16(27)3)11-22-23(29)26(24(30)33-22)13-17-5-8-19(9-6-17)28(31)32/h4-12H,13H2,1-3H3/b22-11-. The molecule has 9 heteroatoms. The number of halogens is 1. The van der Waals surface area contributed by atoms with Crippen molar-refractivity contribution in [3.8, 4) is 5.69 Å². The number of non-ortho nitro benzene ring substituents is 1. The number of hydrogen-bond donors (Lipinski definition) is 0. The Balaban J connectivity index is 1.60. The van der Waals surface area contributed by atoms with Crippen LogP contribution in [0.3, 0.4) is 0 Å². The molecule has 0 radical (unpaired) electrons. The Morgan fingerprint density at radius 2 is 1.76 bits per heavy atom. The fraction of sp³-hybridized carbons (Fsp3) is 0.167. The molecule has 7 nitrogen and oxygen atoms in total. The van der Waals surface area contributed by atoms with E-state index in [1.165, 1.54) is 12.1 Å². The molecule has 1 aliphatic heterocycles. The van der Waals surface area contributed by atoms with Crippen LogP contribution in [0.5, 0.6) is 0 Å². The Kier molecular flexibility index (Phi) is 6.14. The molecule has 1 saturated heterocycles. The van der Waals surface area contributed by atoms with Gasteiger partial charge in [0.2, 0.25) is 0 Å². The van der Waals surface area contributed by atoms with Gasteiger partial charge in [0.25, 0.3) is 16.8 Å². The molecular formula is C24H20ClN3O4S. The third kappa shape index (κ3) is 4.44. The van der Waals surface area contributed by atoms with Crippen molar-refractivity contribution in [2.24, 2.45) is 0 Å². The van der Waals surface area contributed by atoms with E-state index in [1.54, 1.807) is 18.2 Å². The second kappa shape index (κ2) is 8.88. The Labute approximate surface area is 199 Å². The van der Waals surface area contributed by atoms with E-state index < -0.39 is 4.92 Å². The van der Waals surface area contributed by atoms with Crippen LogP contribution in [0.15, 0.2) is 53.4 Å². The number of thioether (sulfide) groups is 1. The van der Waals surface area contributed by atoms with Crippen LogP contribution >= 0.6 is 23.4 Å². The maximum Gasteiger partial charge on any atom is 0.293 e. The molecule has 2 aromatic carbocycles. The Morgan fingerprint density at radius 1 is 1.06 bits per heavy atom. The minimum Gasteiger partial charge on any atom is -0.318 e. The summed E-state index contributed by atoms with van der Waals surface area (Å²) in [5.41, 5.74) is 5.25. The monoisotopic (exact) mass is 481 g/mol. The number of benzene rings is 2. The van der Waals surface area contributed by atoms with Crippen LogP contribution in [0.1, 0.15) is 28.1 Å². The van der Waals surface area contributed by atoms with Gasteiger partial charge in [0.05, 0.1) is 16.4 Å². The average molecular weight is 482 g/mol. The topological polar surface area (TPSA) is 85.4 Å². The number of nitro benzene ring substituents is 1. The van der Waals surface area contributed by atoms with E-state index in [0.29, 0.717) is 15.5 Å². The third-order valence-corrected chi connectivity index (χ3v) is 6.85. The number of amides is 2. The first kappa shape index (κ1) is 22.8. The van der Waals surface area contributed by atoms with Gasteiger partial charge >= 0.3 is 0 Å². The van der Waals surface area contributed by atoms with Crippen molar-refractivity contribution in [1.29, 1.82) is 0 Å². The van der Waals surface area contributed by atoms with E-state index >= 15 is 0 Å². The first-order valence-electron chi connectivity index (χ1n) is 10.1. The first-order chi connectivity index (χ1) is 15.7. The van der Waals surface area contributed by atoms with Crippen LogP contribution in [-0.2, 0) is 11.3 Å². The molecule has 1 aliphatic rings. The number of aromatic nitrogens is 1. The van der Waals surface area contributed by atoms with Crippen molar-refractivity contribution in [2.75, 3.05) is 0 Å². The highest BCUT2D eigenvalue weighted by Crippen LogP contribution is 2.35. The van der Waals surface area contributed by atoms with Crippen molar-refractivity contribution in [1.82, 2.24) is 9.47 Å². The van der Waals surface area contributed by atoms with Crippen LogP contribution in [0.4, 0.5) is 10.5 Å². The molecule has 168 valence electrons. The number of carbonyl (C=O) groups excluding carboxylic acids is 2. The quantitative estimate of drug-likeness (QED) is 0.246. The summed E-state index contributed by atoms with van der Waals surface area (Å²) in [5, 5.41) is 11.1. The van der Waals surface area contributed by atoms with Crippen LogP contribution in [-0.4, -0.2) is 25.5 Å². The molecule has 4 rings (SSSR count). The van der Waals surface area contributed by atoms with Crippen molar-refractivity contribution >= 4 is 46.3 Å². The summed E-state index contributed by atoms with van der Waals surface area (Å²) in [4.78, 5) is 37.3. The lowest BCUT2D eigenvalue weighted by molar-refractivity contribution is -0.384. The molecular weight excluding hydrogens is 462 g/mol. The minimum absolute atomic E-state index is 0.0435. The second-order valence-electron chi connectivity index (χ2n) is 7.79. The van der Waals surface area contributed by atoms with Crippen LogP contribution in [0, 0.1) is 30.9 Å². The van der Waals surface area contributed by atoms with E-state index in [9.17, 15) is 19.7 Å². The molecule has 1 aromatic heterocycles. The molecule has 3 aromatic rings. The molecule has 0 N–H and O–H groups in total. The van der Waals surface area contributed by atoms with Gasteiger partial charge in [0, 0.05) is 34.2 Å². The highest BCUT2D eigenvalue weighted by Gasteiger charge is 2.35. The number of hydrogen-bond acceptors (Lipinski definition) is 5. The van der Waals surface area contributed by atoms with Crippen LogP contribution < -0.4 is 0 Å². The van der Waals surface area contributed by atoms with Crippen molar-refractivity contribution < 1.29 is 14.5 Å². The molecule has 0 bridgehead atoms. The molecule has 0 unspecified atom stereocenters. The smallest absolute Gasteiger partial charge is 0.293 e. The van der Waals surface area contributed by atoms with Crippen molar-refractivity contribution in [3.63, 3.8) is 0 Å². The molecule has 2 amide bonds. The van der Waals surface area contributed by atoms with Crippen LogP contribution in [0.25, 0.3) is 11.8 Å². The van der Waals surface area contributed by atoms with Gasteiger partial charge in [0.15, 0.2) is 0 Å². The van der Waals surface area contributed by atoms with Crippen molar-refractivity contribution in [3.05, 3.63) is 96.7 Å². The highest BCUT2D eigenvalue weighted by molar-refractivity contribution is 8.18. The SMILES string of the molecule is Cc1ccc(-n2c(C)cc(/C=C3\SC(=O)N(Cc4ccc([N+](=O)[O-])cc4)C3=O)c2C)cc1Cl. The number of nitro groups is 1. The number of aryl methyl sites for hydroxylation is 2. The van der Waals surface area contributed by atoms with E-state index in [1.807, 2.05) is 45.0 Å². The number of nitrogens with zero attached hydrogens (tertiary/aromatic N) is 3. The van der Waals surface area contributed by atoms with E-state index in [0.717, 1.165) is 44.9 Å². The summed E-state index contributed by atoms with van der Waals surface area (Å²) < 4.78 is 2.05. The Morgan fingerprint density at radius 3 is 2.39 bits per heavy atom. The van der Waals surface area contributed by atoms with Gasteiger partial charge in [-0.25, -0.2) is 0 Å². The summed E-state index contributed by atoms with van der Waals surface area (Å²) in [6, 6.07) is 13.6. The summed E-state index contributed by atoms with van der Waals surface area (Å²) in [7, 11) is 0. The second-order valence-corrected chi connectivity index (χ2v) is 9.19. The lowest BCUT2D eigenvalue weighted by Crippen LogP contribution is -2.27.